The fourth-order valence-electron chi connectivity index (χ4n) is 13.1. The predicted molar refractivity (Wildman–Crippen MR) is 533 cm³/mol. The second-order valence-corrected chi connectivity index (χ2v) is 36.5. The summed E-state index contributed by atoms with van der Waals surface area (Å²) in [4.78, 5) is 107. The Hall–Kier alpha value is -11.0. The van der Waals surface area contributed by atoms with Gasteiger partial charge in [-0.05, 0) is 164 Å². The van der Waals surface area contributed by atoms with Crippen molar-refractivity contribution in [2.75, 3.05) is 247 Å². The summed E-state index contributed by atoms with van der Waals surface area (Å²) < 4.78 is 37.0. The zero-order chi connectivity index (χ0) is 101. The van der Waals surface area contributed by atoms with Crippen molar-refractivity contribution < 1.29 is 141 Å². The molecular weight excluding hydrogens is 1740 g/mol. The molecule has 0 spiro atoms. The van der Waals surface area contributed by atoms with Crippen LogP contribution < -0.4 is 79.3 Å². The molecular formula is C103H176N12O21+8. The highest BCUT2D eigenvalue weighted by Gasteiger charge is 2.30. The first-order valence-electron chi connectivity index (χ1n) is 47.4. The van der Waals surface area contributed by atoms with Gasteiger partial charge >= 0.3 is 11.9 Å². The molecule has 6 rings (SSSR count). The van der Waals surface area contributed by atoms with Crippen LogP contribution in [0.4, 0.5) is 0 Å². The number of ether oxygens (including phenoxy) is 7. The highest BCUT2D eigenvalue weighted by molar-refractivity contribution is 6.02. The van der Waals surface area contributed by atoms with E-state index in [1.807, 2.05) is 52.5 Å². The van der Waals surface area contributed by atoms with Crippen molar-refractivity contribution in [1.82, 2.24) is 21.3 Å². The van der Waals surface area contributed by atoms with Gasteiger partial charge < -0.3 is 124 Å². The number of quaternary nitrogens is 8. The number of likely N-dealkylation sites (N-methyl/N-ethyl adjacent to an activating group) is 2. The van der Waals surface area contributed by atoms with Crippen LogP contribution >= 0.6 is 0 Å². The maximum Gasteiger partial charge on any atom is 0.306 e. The van der Waals surface area contributed by atoms with Crippen LogP contribution in [0.1, 0.15) is 131 Å². The van der Waals surface area contributed by atoms with E-state index >= 15 is 0 Å². The second-order valence-electron chi connectivity index (χ2n) is 36.5. The number of rotatable bonds is 57. The number of unbranched alkanes of at least 4 members (excludes halogenated alkanes) is 1. The number of nitrogens with one attached hydrogen (secondary N) is 11. The fraction of sp³-hybridized carbons (Fsp3) is 0.573. The van der Waals surface area contributed by atoms with Crippen LogP contribution in [0.15, 0.2) is 115 Å². The van der Waals surface area contributed by atoms with Gasteiger partial charge in [0.05, 0.1) is 234 Å². The topological polar surface area (TPSA) is 402 Å². The lowest BCUT2D eigenvalue weighted by atomic mass is 9.91. The van der Waals surface area contributed by atoms with E-state index in [0.29, 0.717) is 120 Å². The first kappa shape index (κ1) is 125. The first-order chi connectivity index (χ1) is 64.0. The zero-order valence-corrected chi connectivity index (χ0v) is 85.4. The van der Waals surface area contributed by atoms with Crippen molar-refractivity contribution in [2.45, 2.75) is 136 Å². The standard InChI is InChI=1S/C23H39N3O5.C20H33N3O4.C16H25NO3.C15H24N2O3.C15H23NO4.C13H20N2O2.CH4/c1-25(2)12-8-7-10-19(27)18(23(29)24-11-9-13-26(3)4)14-17-15-20(30-5)22(28)21(16-17)31-6;1-22(2)11-6-7-17(24)16(20(26)21-10-12-23(3)4)13-15-8-9-18(25)19(14-15)27-5;1-4-17(2,3)12-5-13-20-16(19)11-8-14-6-9-15(18)10-7-14;1-17(2)10-4-9-16-15(19)8-6-12-5-7-13(18)14(11-12)20-3;1-16(2)9-4-10-20-15(18)8-6-12-5-7-13(17)14(11-12)19-3;1-15(2)10-9-14-13(17)8-5-11-3-6-12(16)7-4-11;/h15-16,18,28H,7-14H2,1-6H3,(H,24,29);8-9,14,16,25H,6-7,10-13H2,1-5H3,(H,21,26);6-7,9-10H,4-5,8,11-13H2,1-3H3;5,7,11,18H,4,6,8-10H2,1-3H3,(H,16,19);5,7,11,17H,4,6,8-10H2,1-3H3;3-4,6-7,16H,5,8-10H2,1-2H3,(H,14,17);1H4/p+8. The average molecular weight is 1920 g/mol. The Kier molecular flexibility index (Phi) is 66.5. The number of hydrogen-bond donors (Lipinski definition) is 17. The largest absolute Gasteiger partial charge is 0.508 e. The molecule has 33 nitrogen and oxygen atoms in total. The molecule has 0 fully saturated rings. The van der Waals surface area contributed by atoms with E-state index in [0.717, 1.165) is 149 Å². The number of nitrogens with zero attached hydrogens (tertiary/aromatic N) is 1. The molecule has 136 heavy (non-hydrogen) atoms. The second kappa shape index (κ2) is 72.3. The van der Waals surface area contributed by atoms with Gasteiger partial charge in [0, 0.05) is 83.7 Å². The van der Waals surface area contributed by atoms with E-state index in [1.54, 1.807) is 84.9 Å². The quantitative estimate of drug-likeness (QED) is 0.0106. The first-order valence-corrected chi connectivity index (χ1v) is 47.4. The van der Waals surface area contributed by atoms with E-state index in [9.17, 15) is 63.9 Å². The van der Waals surface area contributed by atoms with Crippen LogP contribution in [0.25, 0.3) is 0 Å². The Labute approximate surface area is 812 Å². The molecule has 0 aliphatic rings. The van der Waals surface area contributed by atoms with E-state index in [1.165, 1.54) is 75.9 Å². The van der Waals surface area contributed by atoms with E-state index in [2.05, 4.69) is 113 Å². The summed E-state index contributed by atoms with van der Waals surface area (Å²) in [6.45, 7) is 14.3. The van der Waals surface area contributed by atoms with E-state index in [-0.39, 0.29) is 107 Å². The third kappa shape index (κ3) is 59.7. The number of phenolic OH excluding ortho intramolecular Hbond substituents is 6. The number of carbonyl (C=O) groups is 8. The number of carbonyl (C=O) groups excluding carboxylic acids is 8. The average Bonchev–Trinajstić information content (AvgIpc) is 0.829. The molecule has 0 aliphatic carbocycles. The van der Waals surface area contributed by atoms with Gasteiger partial charge in [-0.2, -0.15) is 0 Å². The molecule has 4 amide bonds. The number of Topliss-reactive ketones (excluding diaryl/α,β-unsaturated/α-hetero) is 2. The van der Waals surface area contributed by atoms with Crippen molar-refractivity contribution in [3.05, 3.63) is 149 Å². The molecule has 33 heteroatoms. The molecule has 0 aromatic heterocycles. The van der Waals surface area contributed by atoms with Crippen LogP contribution in [0.5, 0.6) is 63.2 Å². The Balaban J connectivity index is 0.00000162. The normalized spacial score (nSPS) is 11.3. The number of phenols is 6. The Morgan fingerprint density at radius 1 is 0.331 bits per heavy atom. The minimum absolute atomic E-state index is 0. The Morgan fingerprint density at radius 2 is 0.640 bits per heavy atom. The number of ketones is 2. The molecule has 0 bridgehead atoms. The maximum absolute atomic E-state index is 13.0. The molecule has 766 valence electrons. The number of amides is 4. The summed E-state index contributed by atoms with van der Waals surface area (Å²) in [6.07, 6.45) is 11.6. The number of hydrogen-bond acceptors (Lipinski definition) is 21. The monoisotopic (exact) mass is 1920 g/mol. The molecule has 0 saturated heterocycles. The molecule has 2 unspecified atom stereocenters. The van der Waals surface area contributed by atoms with Crippen molar-refractivity contribution in [3.63, 3.8) is 0 Å². The highest BCUT2D eigenvalue weighted by Crippen LogP contribution is 2.38. The number of esters is 2. The molecule has 0 aliphatic heterocycles. The van der Waals surface area contributed by atoms with Crippen molar-refractivity contribution in [2.24, 2.45) is 11.8 Å². The van der Waals surface area contributed by atoms with Crippen molar-refractivity contribution >= 4 is 47.1 Å². The van der Waals surface area contributed by atoms with Gasteiger partial charge in [0.25, 0.3) is 0 Å². The summed E-state index contributed by atoms with van der Waals surface area (Å²) in [5, 5.41) is 68.8. The number of benzene rings is 6. The number of methoxy groups -OCH3 is 5. The summed E-state index contributed by atoms with van der Waals surface area (Å²) >= 11 is 0. The summed E-state index contributed by atoms with van der Waals surface area (Å²) in [6, 6.07) is 32.3. The minimum Gasteiger partial charge on any atom is -0.508 e. The minimum atomic E-state index is -0.780. The van der Waals surface area contributed by atoms with Crippen LogP contribution in [0.3, 0.4) is 0 Å². The van der Waals surface area contributed by atoms with Gasteiger partial charge in [-0.25, -0.2) is 0 Å². The SMILES string of the molecule is C.CC[N+](C)(C)CCCOC(=O)CCc1ccc(O)cc1.COc1cc(CC(C(=O)CCCC[NH+](C)C)C(=O)NCCC[NH+](C)C)cc(OC)c1O.COc1cc(CC(C(=O)CCC[NH+](C)C)C(=O)NCC[NH+](C)C)ccc1O.COc1cc(CCC(=O)NCCC[NH+](C)C)ccc1O.COc1cc(CCC(=O)OCCC[NH+](C)C)ccc1O.C[NH+](C)CCNC(=O)CCc1ccc(O)cc1. The molecule has 2 atom stereocenters. The van der Waals surface area contributed by atoms with Gasteiger partial charge in [-0.1, -0.05) is 49.9 Å². The predicted octanol–water partition coefficient (Wildman–Crippen LogP) is 0.388. The molecule has 17 N–H and O–H groups in total. The van der Waals surface area contributed by atoms with Gasteiger partial charge in [-0.3, -0.25) is 38.4 Å². The third-order valence-electron chi connectivity index (χ3n) is 21.7. The molecule has 6 aromatic carbocycles. The van der Waals surface area contributed by atoms with Gasteiger partial charge in [0.15, 0.2) is 46.0 Å². The Bertz CT molecular complexity index is 4180. The smallest absolute Gasteiger partial charge is 0.306 e. The fourth-order valence-corrected chi connectivity index (χ4v) is 13.1. The van der Waals surface area contributed by atoms with E-state index < -0.39 is 11.8 Å². The number of aryl methyl sites for hydroxylation is 4. The third-order valence-corrected chi connectivity index (χ3v) is 21.7. The van der Waals surface area contributed by atoms with Crippen molar-refractivity contribution in [1.29, 1.82) is 0 Å². The molecule has 0 saturated carbocycles. The van der Waals surface area contributed by atoms with Gasteiger partial charge in [0.1, 0.15) is 34.9 Å². The summed E-state index contributed by atoms with van der Waals surface area (Å²) in [5.74, 6) is 0.0803. The molecule has 0 heterocycles. The van der Waals surface area contributed by atoms with Crippen LogP contribution in [-0.2, 0) is 86.4 Å². The van der Waals surface area contributed by atoms with Crippen molar-refractivity contribution in [3.8, 4) is 63.2 Å². The van der Waals surface area contributed by atoms with Gasteiger partial charge in [0.2, 0.25) is 29.4 Å². The maximum atomic E-state index is 13.0. The van der Waals surface area contributed by atoms with Crippen LogP contribution in [0, 0.1) is 11.8 Å². The lowest BCUT2D eigenvalue weighted by Crippen LogP contribution is -3.06. The lowest BCUT2D eigenvalue weighted by Gasteiger charge is -2.27. The van der Waals surface area contributed by atoms with Gasteiger partial charge in [-0.15, -0.1) is 0 Å². The molecule has 6 aromatic rings. The Morgan fingerprint density at radius 3 is 1.05 bits per heavy atom. The van der Waals surface area contributed by atoms with E-state index in [4.69, 9.17) is 38.3 Å². The highest BCUT2D eigenvalue weighted by atomic mass is 16.5. The lowest BCUT2D eigenvalue weighted by molar-refractivity contribution is -0.888. The zero-order valence-electron chi connectivity index (χ0n) is 85.4. The summed E-state index contributed by atoms with van der Waals surface area (Å²) in [5.41, 5.74) is 5.51. The van der Waals surface area contributed by atoms with Crippen LogP contribution in [-0.4, -0.2) is 329 Å². The summed E-state index contributed by atoms with van der Waals surface area (Å²) in [7, 11) is 40.6. The molecule has 0 radical (unpaired) electrons. The van der Waals surface area contributed by atoms with Crippen LogP contribution in [0.2, 0.25) is 0 Å². The number of aromatic hydroxyl groups is 6.